The Hall–Kier alpha value is -2.81. The lowest BCUT2D eigenvalue weighted by molar-refractivity contribution is 0.111. The molecule has 0 radical (unpaired) electrons. The number of hydrogen-bond acceptors (Lipinski definition) is 1. The molecular formula is C18H14N2O. The number of aldehydes is 1. The highest BCUT2D eigenvalue weighted by Gasteiger charge is 2.17. The molecule has 0 bridgehead atoms. The van der Waals surface area contributed by atoms with Crippen LogP contribution >= 0.6 is 0 Å². The van der Waals surface area contributed by atoms with Gasteiger partial charge in [-0.2, -0.15) is 0 Å². The molecule has 3 nitrogen and oxygen atoms in total. The van der Waals surface area contributed by atoms with Gasteiger partial charge in [0.25, 0.3) is 0 Å². The first-order valence-electron chi connectivity index (χ1n) is 6.91. The monoisotopic (exact) mass is 274 g/mol. The van der Waals surface area contributed by atoms with E-state index >= 15 is 0 Å². The molecule has 3 heteroatoms. The molecule has 0 saturated heterocycles. The van der Waals surface area contributed by atoms with Crippen molar-refractivity contribution in [3.8, 4) is 11.1 Å². The van der Waals surface area contributed by atoms with Crippen LogP contribution in [-0.4, -0.2) is 15.3 Å². The number of nitrogens with zero attached hydrogens (tertiary/aromatic N) is 2. The molecule has 0 fully saturated rings. The van der Waals surface area contributed by atoms with E-state index in [0.29, 0.717) is 5.69 Å². The maximum atomic E-state index is 11.7. The van der Waals surface area contributed by atoms with Gasteiger partial charge < -0.3 is 4.57 Å². The average Bonchev–Trinajstić information content (AvgIpc) is 3.05. The molecule has 2 aromatic carbocycles. The van der Waals surface area contributed by atoms with Gasteiger partial charge in [0.15, 0.2) is 6.29 Å². The molecular weight excluding hydrogens is 260 g/mol. The number of hydrogen-bond donors (Lipinski definition) is 0. The third-order valence-corrected chi connectivity index (χ3v) is 4.04. The van der Waals surface area contributed by atoms with Gasteiger partial charge in [-0.15, -0.1) is 0 Å². The van der Waals surface area contributed by atoms with E-state index in [9.17, 15) is 4.79 Å². The Balaban J connectivity index is 2.16. The lowest BCUT2D eigenvalue weighted by Crippen LogP contribution is -1.91. The topological polar surface area (TPSA) is 26.4 Å². The fraction of sp³-hybridized carbons (Fsp3) is 0.0556. The second-order valence-corrected chi connectivity index (χ2v) is 5.17. The Morgan fingerprint density at radius 2 is 1.57 bits per heavy atom. The van der Waals surface area contributed by atoms with Gasteiger partial charge in [-0.25, -0.2) is 0 Å². The zero-order valence-electron chi connectivity index (χ0n) is 11.7. The van der Waals surface area contributed by atoms with Crippen LogP contribution in [0.1, 0.15) is 10.5 Å². The van der Waals surface area contributed by atoms with E-state index in [1.54, 1.807) is 0 Å². The number of aryl methyl sites for hydroxylation is 1. The molecule has 0 amide bonds. The molecule has 4 rings (SSSR count). The van der Waals surface area contributed by atoms with E-state index in [-0.39, 0.29) is 0 Å². The minimum Gasteiger partial charge on any atom is -0.329 e. The summed E-state index contributed by atoms with van der Waals surface area (Å²) in [4.78, 5) is 11.7. The van der Waals surface area contributed by atoms with Gasteiger partial charge in [0.2, 0.25) is 0 Å². The Morgan fingerprint density at radius 3 is 2.29 bits per heavy atom. The second-order valence-electron chi connectivity index (χ2n) is 5.17. The number of fused-ring (bicyclic) bond motifs is 3. The van der Waals surface area contributed by atoms with Crippen molar-refractivity contribution in [2.75, 3.05) is 0 Å². The molecule has 0 spiro atoms. The quantitative estimate of drug-likeness (QED) is 0.509. The standard InChI is InChI=1S/C18H14N2O/c1-19-15-9-5-6-10-16(15)20-17(12-21)14(11-18(19)20)13-7-3-2-4-8-13/h2-12H,1H3. The zero-order chi connectivity index (χ0) is 14.4. The highest BCUT2D eigenvalue weighted by molar-refractivity contribution is 5.94. The Bertz CT molecular complexity index is 961. The summed E-state index contributed by atoms with van der Waals surface area (Å²) in [6.45, 7) is 0. The van der Waals surface area contributed by atoms with E-state index in [4.69, 9.17) is 0 Å². The fourth-order valence-corrected chi connectivity index (χ4v) is 3.04. The Labute approximate surface area is 122 Å². The molecule has 4 aromatic rings. The maximum absolute atomic E-state index is 11.7. The average molecular weight is 274 g/mol. The van der Waals surface area contributed by atoms with Gasteiger partial charge in [-0.3, -0.25) is 9.20 Å². The van der Waals surface area contributed by atoms with Crippen LogP contribution in [0.3, 0.4) is 0 Å². The van der Waals surface area contributed by atoms with Gasteiger partial charge in [0.1, 0.15) is 5.65 Å². The van der Waals surface area contributed by atoms with Gasteiger partial charge >= 0.3 is 0 Å². The molecule has 0 atom stereocenters. The van der Waals surface area contributed by atoms with Crippen LogP contribution in [0.2, 0.25) is 0 Å². The highest BCUT2D eigenvalue weighted by Crippen LogP contribution is 2.31. The number of benzene rings is 2. The van der Waals surface area contributed by atoms with Gasteiger partial charge in [0.05, 0.1) is 16.7 Å². The van der Waals surface area contributed by atoms with Crippen molar-refractivity contribution < 1.29 is 4.79 Å². The van der Waals surface area contributed by atoms with Crippen molar-refractivity contribution in [3.63, 3.8) is 0 Å². The molecule has 0 aliphatic rings. The summed E-state index contributed by atoms with van der Waals surface area (Å²) in [6, 6.07) is 20.2. The molecule has 0 saturated carbocycles. The third-order valence-electron chi connectivity index (χ3n) is 4.04. The van der Waals surface area contributed by atoms with E-state index < -0.39 is 0 Å². The number of carbonyl (C=O) groups excluding carboxylic acids is 1. The van der Waals surface area contributed by atoms with Crippen molar-refractivity contribution >= 4 is 23.0 Å². The summed E-state index contributed by atoms with van der Waals surface area (Å²) in [5, 5.41) is 0. The maximum Gasteiger partial charge on any atom is 0.167 e. The summed E-state index contributed by atoms with van der Waals surface area (Å²) in [5.41, 5.74) is 5.94. The molecule has 21 heavy (non-hydrogen) atoms. The first kappa shape index (κ1) is 12.0. The van der Waals surface area contributed by atoms with Crippen molar-refractivity contribution in [2.45, 2.75) is 0 Å². The predicted molar refractivity (Wildman–Crippen MR) is 84.7 cm³/mol. The normalized spacial score (nSPS) is 11.3. The highest BCUT2D eigenvalue weighted by atomic mass is 16.1. The lowest BCUT2D eigenvalue weighted by Gasteiger charge is -2.00. The predicted octanol–water partition coefficient (Wildman–Crippen LogP) is 3.91. The summed E-state index contributed by atoms with van der Waals surface area (Å²) in [7, 11) is 2.03. The minimum atomic E-state index is 0.702. The van der Waals surface area contributed by atoms with E-state index in [0.717, 1.165) is 34.1 Å². The van der Waals surface area contributed by atoms with Crippen LogP contribution in [0.4, 0.5) is 0 Å². The zero-order valence-corrected chi connectivity index (χ0v) is 11.7. The van der Waals surface area contributed by atoms with Gasteiger partial charge in [-0.1, -0.05) is 42.5 Å². The molecule has 102 valence electrons. The molecule has 0 aliphatic heterocycles. The first-order chi connectivity index (χ1) is 10.3. The summed E-state index contributed by atoms with van der Waals surface area (Å²) >= 11 is 0. The van der Waals surface area contributed by atoms with E-state index in [1.165, 1.54) is 0 Å². The molecule has 0 aliphatic carbocycles. The SMILES string of the molecule is Cn1c2ccccc2n2c(C=O)c(-c3ccccc3)cc12. The van der Waals surface area contributed by atoms with Crippen LogP contribution < -0.4 is 0 Å². The molecule has 2 aromatic heterocycles. The summed E-state index contributed by atoms with van der Waals surface area (Å²) in [6.07, 6.45) is 0.946. The second kappa shape index (κ2) is 4.35. The van der Waals surface area contributed by atoms with Crippen molar-refractivity contribution in [1.29, 1.82) is 0 Å². The number of para-hydroxylation sites is 2. The Morgan fingerprint density at radius 1 is 0.905 bits per heavy atom. The number of aromatic nitrogens is 2. The molecule has 0 unspecified atom stereocenters. The summed E-state index contributed by atoms with van der Waals surface area (Å²) in [5.74, 6) is 0. The third kappa shape index (κ3) is 1.57. The van der Waals surface area contributed by atoms with Crippen molar-refractivity contribution in [3.05, 3.63) is 66.4 Å². The van der Waals surface area contributed by atoms with Gasteiger partial charge in [0, 0.05) is 12.6 Å². The van der Waals surface area contributed by atoms with E-state index in [1.807, 2.05) is 60.0 Å². The smallest absolute Gasteiger partial charge is 0.167 e. The number of rotatable bonds is 2. The van der Waals surface area contributed by atoms with Crippen LogP contribution in [0.25, 0.3) is 27.8 Å². The van der Waals surface area contributed by atoms with Gasteiger partial charge in [-0.05, 0) is 23.8 Å². The van der Waals surface area contributed by atoms with Crippen LogP contribution in [0, 0.1) is 0 Å². The van der Waals surface area contributed by atoms with Crippen molar-refractivity contribution in [1.82, 2.24) is 8.97 Å². The number of imidazole rings is 1. The largest absolute Gasteiger partial charge is 0.329 e. The van der Waals surface area contributed by atoms with Crippen LogP contribution in [0.5, 0.6) is 0 Å². The van der Waals surface area contributed by atoms with Crippen LogP contribution in [-0.2, 0) is 7.05 Å². The Kier molecular flexibility index (Phi) is 2.48. The molecule has 2 heterocycles. The fourth-order valence-electron chi connectivity index (χ4n) is 3.04. The molecule has 0 N–H and O–H groups in total. The minimum absolute atomic E-state index is 0.702. The summed E-state index contributed by atoms with van der Waals surface area (Å²) < 4.78 is 4.15. The lowest BCUT2D eigenvalue weighted by atomic mass is 10.1. The van der Waals surface area contributed by atoms with Crippen molar-refractivity contribution in [2.24, 2.45) is 7.05 Å². The first-order valence-corrected chi connectivity index (χ1v) is 6.91. The van der Waals surface area contributed by atoms with E-state index in [2.05, 4.69) is 16.7 Å². The van der Waals surface area contributed by atoms with Crippen LogP contribution in [0.15, 0.2) is 60.7 Å². The number of carbonyl (C=O) groups is 1.